The molecule has 0 radical (unpaired) electrons. The fourth-order valence-electron chi connectivity index (χ4n) is 1.60. The molecule has 16 heavy (non-hydrogen) atoms. The molecular weight excluding hydrogens is 205 g/mol. The van der Waals surface area contributed by atoms with E-state index in [1.165, 1.54) is 19.1 Å². The topological polar surface area (TPSA) is 29.1 Å². The van der Waals surface area contributed by atoms with Gasteiger partial charge in [-0.2, -0.15) is 0 Å². The van der Waals surface area contributed by atoms with E-state index in [4.69, 9.17) is 0 Å². The molecule has 1 aromatic rings. The Kier molecular flexibility index (Phi) is 3.82. The van der Waals surface area contributed by atoms with Crippen molar-refractivity contribution in [2.75, 3.05) is 12.4 Å². The number of hydrogen-bond acceptors (Lipinski definition) is 2. The molecule has 2 nitrogen and oxygen atoms in total. The maximum absolute atomic E-state index is 13.5. The summed E-state index contributed by atoms with van der Waals surface area (Å²) >= 11 is 0. The van der Waals surface area contributed by atoms with Gasteiger partial charge < -0.3 is 5.32 Å². The van der Waals surface area contributed by atoms with E-state index in [0.29, 0.717) is 5.56 Å². The molecule has 0 aliphatic heterocycles. The van der Waals surface area contributed by atoms with E-state index in [9.17, 15) is 9.18 Å². The number of ketones is 1. The van der Waals surface area contributed by atoms with E-state index < -0.39 is 0 Å². The summed E-state index contributed by atoms with van der Waals surface area (Å²) in [5.41, 5.74) is 2.90. The third kappa shape index (κ3) is 2.69. The Labute approximate surface area is 95.2 Å². The molecule has 1 aromatic carbocycles. The van der Waals surface area contributed by atoms with Gasteiger partial charge in [0.05, 0.1) is 0 Å². The van der Waals surface area contributed by atoms with Gasteiger partial charge in [-0.25, -0.2) is 4.39 Å². The van der Waals surface area contributed by atoms with Gasteiger partial charge in [-0.05, 0) is 50.1 Å². The van der Waals surface area contributed by atoms with Crippen molar-refractivity contribution in [3.05, 3.63) is 35.2 Å². The van der Waals surface area contributed by atoms with Gasteiger partial charge in [0.2, 0.25) is 0 Å². The second kappa shape index (κ2) is 4.92. The van der Waals surface area contributed by atoms with Crippen molar-refractivity contribution in [2.45, 2.75) is 20.8 Å². The summed E-state index contributed by atoms with van der Waals surface area (Å²) in [6.07, 6.45) is 1.50. The summed E-state index contributed by atoms with van der Waals surface area (Å²) in [7, 11) is 1.78. The fourth-order valence-corrected chi connectivity index (χ4v) is 1.60. The summed E-state index contributed by atoms with van der Waals surface area (Å²) in [6, 6.07) is 3.19. The first-order valence-electron chi connectivity index (χ1n) is 5.13. The number of allylic oxidation sites excluding steroid dienone is 2. The van der Waals surface area contributed by atoms with Crippen LogP contribution in [0.2, 0.25) is 0 Å². The highest BCUT2D eigenvalue weighted by Gasteiger charge is 2.08. The lowest BCUT2D eigenvalue weighted by atomic mass is 10.0. The minimum absolute atomic E-state index is 0.0412. The molecule has 0 fully saturated rings. The molecule has 0 unspecified atom stereocenters. The molecule has 0 aliphatic carbocycles. The van der Waals surface area contributed by atoms with Crippen molar-refractivity contribution in [3.8, 4) is 0 Å². The van der Waals surface area contributed by atoms with E-state index >= 15 is 0 Å². The minimum atomic E-state index is -0.259. The Morgan fingerprint density at radius 3 is 2.50 bits per heavy atom. The van der Waals surface area contributed by atoms with Crippen molar-refractivity contribution >= 4 is 17.0 Å². The highest BCUT2D eigenvalue weighted by Crippen LogP contribution is 2.26. The van der Waals surface area contributed by atoms with Crippen LogP contribution in [0.25, 0.3) is 5.57 Å². The number of halogens is 1. The number of carbonyl (C=O) groups excluding carboxylic acids is 1. The maximum atomic E-state index is 13.5. The van der Waals surface area contributed by atoms with Crippen LogP contribution >= 0.6 is 0 Å². The molecular formula is C13H16FNO. The van der Waals surface area contributed by atoms with E-state index in [0.717, 1.165) is 16.8 Å². The summed E-state index contributed by atoms with van der Waals surface area (Å²) in [5.74, 6) is -0.300. The molecule has 0 spiro atoms. The minimum Gasteiger partial charge on any atom is -0.388 e. The number of nitrogens with one attached hydrogen (secondary N) is 1. The number of rotatable bonds is 3. The average Bonchev–Trinajstić information content (AvgIpc) is 2.20. The van der Waals surface area contributed by atoms with Crippen molar-refractivity contribution < 1.29 is 9.18 Å². The zero-order valence-electron chi connectivity index (χ0n) is 10.0. The average molecular weight is 221 g/mol. The summed E-state index contributed by atoms with van der Waals surface area (Å²) in [6.45, 7) is 4.99. The van der Waals surface area contributed by atoms with Crippen LogP contribution in [-0.2, 0) is 4.79 Å². The first-order valence-corrected chi connectivity index (χ1v) is 5.13. The van der Waals surface area contributed by atoms with Crippen molar-refractivity contribution in [3.63, 3.8) is 0 Å². The molecule has 3 heteroatoms. The first kappa shape index (κ1) is 12.4. The van der Waals surface area contributed by atoms with Crippen LogP contribution in [0.5, 0.6) is 0 Å². The van der Waals surface area contributed by atoms with Gasteiger partial charge >= 0.3 is 0 Å². The Hall–Kier alpha value is -1.64. The predicted octanol–water partition coefficient (Wildman–Crippen LogP) is 3.17. The van der Waals surface area contributed by atoms with Crippen molar-refractivity contribution in [1.29, 1.82) is 0 Å². The number of aryl methyl sites for hydroxylation is 1. The standard InChI is InChI=1S/C13H16FNO/c1-8(5-10(3)16)11-7-12(14)9(2)6-13(11)15-4/h5-7,15H,1-4H3/b8-5+. The molecule has 0 aliphatic rings. The van der Waals surface area contributed by atoms with Crippen molar-refractivity contribution in [1.82, 2.24) is 0 Å². The maximum Gasteiger partial charge on any atom is 0.152 e. The van der Waals surface area contributed by atoms with Gasteiger partial charge in [0.1, 0.15) is 5.82 Å². The SMILES string of the molecule is CNc1cc(C)c(F)cc1/C(C)=C/C(C)=O. The summed E-state index contributed by atoms with van der Waals surface area (Å²) < 4.78 is 13.5. The second-order valence-electron chi connectivity index (χ2n) is 3.83. The molecule has 0 atom stereocenters. The zero-order chi connectivity index (χ0) is 12.3. The Morgan fingerprint density at radius 1 is 1.38 bits per heavy atom. The fraction of sp³-hybridized carbons (Fsp3) is 0.308. The largest absolute Gasteiger partial charge is 0.388 e. The lowest BCUT2D eigenvalue weighted by molar-refractivity contribution is -0.112. The first-order chi connectivity index (χ1) is 7.45. The van der Waals surface area contributed by atoms with Gasteiger partial charge in [-0.3, -0.25) is 4.79 Å². The predicted molar refractivity (Wildman–Crippen MR) is 65.0 cm³/mol. The quantitative estimate of drug-likeness (QED) is 0.794. The van der Waals surface area contributed by atoms with E-state index in [1.807, 2.05) is 0 Å². The third-order valence-corrected chi connectivity index (χ3v) is 2.41. The number of carbonyl (C=O) groups is 1. The monoisotopic (exact) mass is 221 g/mol. The van der Waals surface area contributed by atoms with Gasteiger partial charge in [-0.1, -0.05) is 0 Å². The highest BCUT2D eigenvalue weighted by molar-refractivity contribution is 5.96. The van der Waals surface area contributed by atoms with E-state index in [2.05, 4.69) is 5.32 Å². The number of hydrogen-bond donors (Lipinski definition) is 1. The smallest absolute Gasteiger partial charge is 0.152 e. The van der Waals surface area contributed by atoms with E-state index in [1.54, 1.807) is 27.0 Å². The Morgan fingerprint density at radius 2 is 2.00 bits per heavy atom. The molecule has 0 heterocycles. The van der Waals surface area contributed by atoms with Gasteiger partial charge in [-0.15, -0.1) is 0 Å². The van der Waals surface area contributed by atoms with Gasteiger partial charge in [0.25, 0.3) is 0 Å². The van der Waals surface area contributed by atoms with Gasteiger partial charge in [0, 0.05) is 18.3 Å². The van der Waals surface area contributed by atoms with Crippen LogP contribution in [0.1, 0.15) is 25.0 Å². The number of anilines is 1. The highest BCUT2D eigenvalue weighted by atomic mass is 19.1. The van der Waals surface area contributed by atoms with Crippen LogP contribution in [-0.4, -0.2) is 12.8 Å². The summed E-state index contributed by atoms with van der Waals surface area (Å²) in [5, 5.41) is 3.00. The van der Waals surface area contributed by atoms with Crippen molar-refractivity contribution in [2.24, 2.45) is 0 Å². The lowest BCUT2D eigenvalue weighted by Gasteiger charge is -2.11. The van der Waals surface area contributed by atoms with Gasteiger partial charge in [0.15, 0.2) is 5.78 Å². The number of benzene rings is 1. The summed E-state index contributed by atoms with van der Waals surface area (Å²) in [4.78, 5) is 11.0. The van der Waals surface area contributed by atoms with Crippen LogP contribution in [0.15, 0.2) is 18.2 Å². The Balaban J connectivity index is 3.32. The molecule has 1 rings (SSSR count). The zero-order valence-corrected chi connectivity index (χ0v) is 10.0. The van der Waals surface area contributed by atoms with Crippen LogP contribution < -0.4 is 5.32 Å². The molecule has 86 valence electrons. The molecule has 0 amide bonds. The molecule has 0 bridgehead atoms. The van der Waals surface area contributed by atoms with Crippen LogP contribution in [0.3, 0.4) is 0 Å². The molecule has 0 saturated carbocycles. The molecule has 0 saturated heterocycles. The van der Waals surface area contributed by atoms with Crippen LogP contribution in [0.4, 0.5) is 10.1 Å². The molecule has 0 aromatic heterocycles. The Bertz CT molecular complexity index is 449. The lowest BCUT2D eigenvalue weighted by Crippen LogP contribution is -1.98. The van der Waals surface area contributed by atoms with E-state index in [-0.39, 0.29) is 11.6 Å². The third-order valence-electron chi connectivity index (χ3n) is 2.41. The second-order valence-corrected chi connectivity index (χ2v) is 3.83. The normalized spacial score (nSPS) is 11.4. The molecule has 1 N–H and O–H groups in total. The van der Waals surface area contributed by atoms with Crippen LogP contribution in [0, 0.1) is 12.7 Å².